The third-order valence-electron chi connectivity index (χ3n) is 4.59. The number of aromatic nitrogens is 1. The summed E-state index contributed by atoms with van der Waals surface area (Å²) < 4.78 is 43.9. The van der Waals surface area contributed by atoms with E-state index in [0.29, 0.717) is 16.6 Å². The summed E-state index contributed by atoms with van der Waals surface area (Å²) in [5.41, 5.74) is 6.05. The molecular weight excluding hydrogens is 469 g/mol. The molecule has 0 bridgehead atoms. The molecule has 0 saturated carbocycles. The molecule has 0 aliphatic rings. The number of hydrogen-bond acceptors (Lipinski definition) is 5. The summed E-state index contributed by atoms with van der Waals surface area (Å²) in [6.45, 7) is 0. The van der Waals surface area contributed by atoms with E-state index in [1.54, 1.807) is 24.3 Å². The number of carbonyl (C=O) groups is 2. The van der Waals surface area contributed by atoms with E-state index in [9.17, 15) is 22.8 Å². The Hall–Kier alpha value is -3.99. The first-order valence-electron chi connectivity index (χ1n) is 9.90. The lowest BCUT2D eigenvalue weighted by molar-refractivity contribution is -0.137. The Bertz CT molecular complexity index is 1290. The Labute approximate surface area is 195 Å². The Balaban J connectivity index is 1.26. The Kier molecular flexibility index (Phi) is 6.73. The quantitative estimate of drug-likeness (QED) is 0.252. The molecule has 0 fully saturated rings. The highest BCUT2D eigenvalue weighted by molar-refractivity contribution is 7.98. The van der Waals surface area contributed by atoms with Crippen molar-refractivity contribution in [1.29, 1.82) is 0 Å². The number of halogens is 3. The summed E-state index contributed by atoms with van der Waals surface area (Å²) in [6.07, 6.45) is -4.53. The standard InChI is InChI=1S/C23H17F3N4O3S/c24-23(25,26)16-4-3-5-17(12-16)27-21(32)30-29-20(31)15-10-8-14(9-11-15)13-34-22-28-18-6-1-2-7-19(18)33-22/h1-12H,13H2,(H,29,31)(H2,27,30,32). The van der Waals surface area contributed by atoms with Crippen molar-refractivity contribution in [3.8, 4) is 0 Å². The predicted octanol–water partition coefficient (Wildman–Crippen LogP) is 5.61. The number of nitrogens with one attached hydrogen (secondary N) is 3. The van der Waals surface area contributed by atoms with Crippen LogP contribution >= 0.6 is 11.8 Å². The highest BCUT2D eigenvalue weighted by Gasteiger charge is 2.30. The van der Waals surface area contributed by atoms with Gasteiger partial charge in [-0.3, -0.25) is 10.2 Å². The van der Waals surface area contributed by atoms with Gasteiger partial charge in [-0.15, -0.1) is 0 Å². The van der Waals surface area contributed by atoms with Crippen molar-refractivity contribution in [2.75, 3.05) is 5.32 Å². The van der Waals surface area contributed by atoms with E-state index in [-0.39, 0.29) is 11.3 Å². The summed E-state index contributed by atoms with van der Waals surface area (Å²) >= 11 is 1.42. The number of amides is 3. The van der Waals surface area contributed by atoms with Crippen LogP contribution in [-0.2, 0) is 11.9 Å². The number of nitrogens with zero attached hydrogens (tertiary/aromatic N) is 1. The third kappa shape index (κ3) is 5.87. The lowest BCUT2D eigenvalue weighted by Crippen LogP contribution is -2.43. The van der Waals surface area contributed by atoms with Crippen LogP contribution in [0.3, 0.4) is 0 Å². The molecule has 3 N–H and O–H groups in total. The van der Waals surface area contributed by atoms with Gasteiger partial charge in [-0.1, -0.05) is 42.1 Å². The number of anilines is 1. The Morgan fingerprint density at radius 3 is 2.44 bits per heavy atom. The van der Waals surface area contributed by atoms with Crippen molar-refractivity contribution in [3.05, 3.63) is 89.5 Å². The van der Waals surface area contributed by atoms with Crippen molar-refractivity contribution in [3.63, 3.8) is 0 Å². The topological polar surface area (TPSA) is 96.3 Å². The zero-order valence-electron chi connectivity index (χ0n) is 17.3. The predicted molar refractivity (Wildman–Crippen MR) is 121 cm³/mol. The number of para-hydroxylation sites is 2. The highest BCUT2D eigenvalue weighted by Crippen LogP contribution is 2.30. The minimum atomic E-state index is -4.53. The molecule has 0 unspecified atom stereocenters. The van der Waals surface area contributed by atoms with Crippen molar-refractivity contribution >= 4 is 40.5 Å². The van der Waals surface area contributed by atoms with Crippen LogP contribution in [0.2, 0.25) is 0 Å². The van der Waals surface area contributed by atoms with Crippen LogP contribution in [0.5, 0.6) is 0 Å². The van der Waals surface area contributed by atoms with Gasteiger partial charge >= 0.3 is 12.2 Å². The van der Waals surface area contributed by atoms with Crippen LogP contribution in [0.1, 0.15) is 21.5 Å². The second kappa shape index (κ2) is 9.87. The van der Waals surface area contributed by atoms with E-state index in [0.717, 1.165) is 23.2 Å². The number of oxazole rings is 1. The number of thioether (sulfide) groups is 1. The van der Waals surface area contributed by atoms with E-state index in [1.165, 1.54) is 23.9 Å². The number of hydrazine groups is 1. The van der Waals surface area contributed by atoms with E-state index >= 15 is 0 Å². The molecule has 11 heteroatoms. The molecule has 1 heterocycles. The molecule has 0 spiro atoms. The zero-order valence-corrected chi connectivity index (χ0v) is 18.2. The molecule has 0 aliphatic heterocycles. The van der Waals surface area contributed by atoms with E-state index in [1.807, 2.05) is 24.3 Å². The molecule has 174 valence electrons. The fourth-order valence-electron chi connectivity index (χ4n) is 2.93. The van der Waals surface area contributed by atoms with Crippen LogP contribution in [0.4, 0.5) is 23.7 Å². The first-order chi connectivity index (χ1) is 16.3. The number of fused-ring (bicyclic) bond motifs is 1. The van der Waals surface area contributed by atoms with Gasteiger partial charge in [0.1, 0.15) is 5.52 Å². The molecule has 0 saturated heterocycles. The molecule has 0 atom stereocenters. The first kappa shape index (κ1) is 23.2. The van der Waals surface area contributed by atoms with Crippen LogP contribution in [0.25, 0.3) is 11.1 Å². The van der Waals surface area contributed by atoms with Gasteiger partial charge < -0.3 is 9.73 Å². The minimum Gasteiger partial charge on any atom is -0.431 e. The van der Waals surface area contributed by atoms with Gasteiger partial charge in [0.15, 0.2) is 5.58 Å². The number of alkyl halides is 3. The number of benzene rings is 3. The summed E-state index contributed by atoms with van der Waals surface area (Å²) in [7, 11) is 0. The molecule has 0 aliphatic carbocycles. The van der Waals surface area contributed by atoms with Gasteiger partial charge in [0.2, 0.25) is 0 Å². The first-order valence-corrected chi connectivity index (χ1v) is 10.9. The maximum atomic E-state index is 12.8. The van der Waals surface area contributed by atoms with Gasteiger partial charge in [0, 0.05) is 17.0 Å². The fraction of sp³-hybridized carbons (Fsp3) is 0.0870. The summed E-state index contributed by atoms with van der Waals surface area (Å²) in [6, 6.07) is 17.4. The lowest BCUT2D eigenvalue weighted by atomic mass is 10.1. The average molecular weight is 486 g/mol. The number of urea groups is 1. The average Bonchev–Trinajstić information content (AvgIpc) is 3.24. The van der Waals surface area contributed by atoms with Crippen molar-refractivity contribution in [2.45, 2.75) is 17.2 Å². The minimum absolute atomic E-state index is 0.0673. The maximum absolute atomic E-state index is 12.8. The Morgan fingerprint density at radius 1 is 0.941 bits per heavy atom. The molecule has 7 nitrogen and oxygen atoms in total. The van der Waals surface area contributed by atoms with Gasteiger partial charge in [-0.05, 0) is 48.0 Å². The van der Waals surface area contributed by atoms with E-state index in [2.05, 4.69) is 21.2 Å². The molecule has 3 amide bonds. The Morgan fingerprint density at radius 2 is 1.71 bits per heavy atom. The van der Waals surface area contributed by atoms with Crippen LogP contribution in [0, 0.1) is 0 Å². The molecule has 34 heavy (non-hydrogen) atoms. The van der Waals surface area contributed by atoms with Crippen molar-refractivity contribution < 1.29 is 27.2 Å². The second-order valence-corrected chi connectivity index (χ2v) is 7.97. The molecular formula is C23H17F3N4O3S. The number of carbonyl (C=O) groups excluding carboxylic acids is 2. The largest absolute Gasteiger partial charge is 0.431 e. The van der Waals surface area contributed by atoms with Crippen LogP contribution in [-0.4, -0.2) is 16.9 Å². The van der Waals surface area contributed by atoms with Gasteiger partial charge in [0.05, 0.1) is 5.56 Å². The molecule has 0 radical (unpaired) electrons. The summed E-state index contributed by atoms with van der Waals surface area (Å²) in [5.74, 6) is -0.0100. The van der Waals surface area contributed by atoms with E-state index < -0.39 is 23.7 Å². The maximum Gasteiger partial charge on any atom is 0.416 e. The monoisotopic (exact) mass is 486 g/mol. The molecule has 4 rings (SSSR count). The lowest BCUT2D eigenvalue weighted by Gasteiger charge is -2.11. The highest BCUT2D eigenvalue weighted by atomic mass is 32.2. The zero-order chi connectivity index (χ0) is 24.1. The van der Waals surface area contributed by atoms with Gasteiger partial charge in [0.25, 0.3) is 11.1 Å². The molecule has 4 aromatic rings. The van der Waals surface area contributed by atoms with Crippen molar-refractivity contribution in [1.82, 2.24) is 15.8 Å². The fourth-order valence-corrected chi connectivity index (χ4v) is 3.73. The smallest absolute Gasteiger partial charge is 0.416 e. The normalized spacial score (nSPS) is 11.3. The number of hydrogen-bond donors (Lipinski definition) is 3. The van der Waals surface area contributed by atoms with Gasteiger partial charge in [-0.25, -0.2) is 15.2 Å². The molecule has 3 aromatic carbocycles. The summed E-state index contributed by atoms with van der Waals surface area (Å²) in [5, 5.41) is 2.77. The second-order valence-electron chi connectivity index (χ2n) is 7.04. The van der Waals surface area contributed by atoms with Gasteiger partial charge in [-0.2, -0.15) is 13.2 Å². The summed E-state index contributed by atoms with van der Waals surface area (Å²) in [4.78, 5) is 28.5. The van der Waals surface area contributed by atoms with Crippen LogP contribution in [0.15, 0.2) is 82.4 Å². The van der Waals surface area contributed by atoms with Crippen molar-refractivity contribution in [2.24, 2.45) is 0 Å². The van der Waals surface area contributed by atoms with Crippen LogP contribution < -0.4 is 16.2 Å². The third-order valence-corrected chi connectivity index (χ3v) is 5.49. The SMILES string of the molecule is O=C(NNC(=O)c1ccc(CSc2nc3ccccc3o2)cc1)Nc1cccc(C(F)(F)F)c1. The number of rotatable bonds is 5. The molecule has 1 aromatic heterocycles. The van der Waals surface area contributed by atoms with E-state index in [4.69, 9.17) is 4.42 Å².